The standard InChI is InChI=1S/C23H32N6O4/c1-3-33-23(32)28-14-12-27(13-15-28)16-18-24-20-19(21(30)25-22(31)26(20)2)29(18)11-7-10-17-8-5-4-6-9-17/h4-6,8-9,19-20H,3,7,10-16H2,1-2H3,(H,25,30,31). The number of aryl methyl sites for hydroxylation is 1. The van der Waals surface area contributed by atoms with E-state index in [-0.39, 0.29) is 12.0 Å². The smallest absolute Gasteiger partial charge is 0.409 e. The van der Waals surface area contributed by atoms with Crippen LogP contribution in [0.25, 0.3) is 0 Å². The molecular formula is C23H32N6O4. The van der Waals surface area contributed by atoms with Crippen LogP contribution in [0.2, 0.25) is 0 Å². The summed E-state index contributed by atoms with van der Waals surface area (Å²) in [4.78, 5) is 49.2. The molecule has 2 fully saturated rings. The van der Waals surface area contributed by atoms with Crippen molar-refractivity contribution in [2.75, 3.05) is 52.9 Å². The summed E-state index contributed by atoms with van der Waals surface area (Å²) in [6.07, 6.45) is 0.976. The lowest BCUT2D eigenvalue weighted by atomic mass is 10.1. The van der Waals surface area contributed by atoms with Crippen molar-refractivity contribution in [1.29, 1.82) is 0 Å². The molecule has 0 aromatic heterocycles. The molecule has 0 aliphatic carbocycles. The second kappa shape index (κ2) is 10.2. The minimum Gasteiger partial charge on any atom is -0.450 e. The van der Waals surface area contributed by atoms with E-state index >= 15 is 0 Å². The highest BCUT2D eigenvalue weighted by Gasteiger charge is 2.48. The SMILES string of the molecule is CCOC(=O)N1CCN(CC2=NC3C(C(=O)NC(=O)N3C)N2CCCc2ccccc2)CC1. The number of fused-ring (bicyclic) bond motifs is 1. The van der Waals surface area contributed by atoms with Gasteiger partial charge in [-0.25, -0.2) is 14.6 Å². The first-order valence-electron chi connectivity index (χ1n) is 11.6. The fourth-order valence-corrected chi connectivity index (χ4v) is 4.58. The van der Waals surface area contributed by atoms with Crippen molar-refractivity contribution >= 4 is 23.9 Å². The number of carbonyl (C=O) groups is 3. The highest BCUT2D eigenvalue weighted by atomic mass is 16.6. The monoisotopic (exact) mass is 456 g/mol. The number of ether oxygens (including phenoxy) is 1. The number of hydrogen-bond donors (Lipinski definition) is 1. The Kier molecular flexibility index (Phi) is 7.12. The number of nitrogens with zero attached hydrogens (tertiary/aromatic N) is 5. The average Bonchev–Trinajstić information content (AvgIpc) is 3.17. The number of amidine groups is 1. The number of amides is 4. The van der Waals surface area contributed by atoms with Crippen molar-refractivity contribution in [3.05, 3.63) is 35.9 Å². The van der Waals surface area contributed by atoms with Gasteiger partial charge < -0.3 is 19.4 Å². The van der Waals surface area contributed by atoms with Gasteiger partial charge in [-0.05, 0) is 25.3 Å². The maximum atomic E-state index is 12.7. The summed E-state index contributed by atoms with van der Waals surface area (Å²) in [7, 11) is 1.67. The van der Waals surface area contributed by atoms with Gasteiger partial charge in [0.1, 0.15) is 5.84 Å². The molecule has 4 amide bonds. The van der Waals surface area contributed by atoms with Crippen molar-refractivity contribution in [3.63, 3.8) is 0 Å². The number of aliphatic imine (C=N–C) groups is 1. The number of rotatable bonds is 7. The Morgan fingerprint density at radius 3 is 2.58 bits per heavy atom. The van der Waals surface area contributed by atoms with Crippen molar-refractivity contribution in [3.8, 4) is 0 Å². The molecule has 0 radical (unpaired) electrons. The topological polar surface area (TPSA) is 97.8 Å². The minimum atomic E-state index is -0.515. The van der Waals surface area contributed by atoms with E-state index in [4.69, 9.17) is 9.73 Å². The number of carbonyl (C=O) groups excluding carboxylic acids is 3. The van der Waals surface area contributed by atoms with Gasteiger partial charge in [0.2, 0.25) is 0 Å². The molecule has 10 heteroatoms. The molecule has 0 saturated carbocycles. The number of urea groups is 1. The molecule has 3 heterocycles. The Hall–Kier alpha value is -3.14. The molecule has 0 spiro atoms. The van der Waals surface area contributed by atoms with Crippen LogP contribution in [0.1, 0.15) is 18.9 Å². The highest BCUT2D eigenvalue weighted by molar-refractivity contribution is 6.04. The Morgan fingerprint density at radius 1 is 1.15 bits per heavy atom. The lowest BCUT2D eigenvalue weighted by molar-refractivity contribution is -0.127. The lowest BCUT2D eigenvalue weighted by Crippen LogP contribution is -2.64. The van der Waals surface area contributed by atoms with Crippen LogP contribution in [0.15, 0.2) is 35.3 Å². The largest absolute Gasteiger partial charge is 0.450 e. The van der Waals surface area contributed by atoms with Crippen LogP contribution in [-0.2, 0) is 16.0 Å². The first-order valence-corrected chi connectivity index (χ1v) is 11.6. The molecule has 1 aromatic rings. The molecule has 3 aliphatic rings. The molecule has 33 heavy (non-hydrogen) atoms. The van der Waals surface area contributed by atoms with Gasteiger partial charge in [0.15, 0.2) is 12.2 Å². The van der Waals surface area contributed by atoms with Crippen LogP contribution in [0.3, 0.4) is 0 Å². The Bertz CT molecular complexity index is 899. The molecule has 3 aliphatic heterocycles. The molecule has 10 nitrogen and oxygen atoms in total. The molecule has 2 unspecified atom stereocenters. The molecule has 1 N–H and O–H groups in total. The van der Waals surface area contributed by atoms with Crippen molar-refractivity contribution < 1.29 is 19.1 Å². The quantitative estimate of drug-likeness (QED) is 0.657. The zero-order valence-corrected chi connectivity index (χ0v) is 19.3. The van der Waals surface area contributed by atoms with E-state index in [9.17, 15) is 14.4 Å². The summed E-state index contributed by atoms with van der Waals surface area (Å²) in [5.41, 5.74) is 1.25. The second-order valence-corrected chi connectivity index (χ2v) is 8.55. The minimum absolute atomic E-state index is 0.277. The van der Waals surface area contributed by atoms with Crippen LogP contribution in [0.5, 0.6) is 0 Å². The lowest BCUT2D eigenvalue weighted by Gasteiger charge is -2.38. The van der Waals surface area contributed by atoms with E-state index in [0.29, 0.717) is 45.9 Å². The number of likely N-dealkylation sites (N-methyl/N-ethyl adjacent to an activating group) is 1. The Labute approximate surface area is 194 Å². The van der Waals surface area contributed by atoms with Crippen LogP contribution in [0.4, 0.5) is 9.59 Å². The maximum absolute atomic E-state index is 12.7. The van der Waals surface area contributed by atoms with Gasteiger partial charge in [0.05, 0.1) is 13.2 Å². The zero-order chi connectivity index (χ0) is 23.4. The van der Waals surface area contributed by atoms with Gasteiger partial charge in [0.25, 0.3) is 5.91 Å². The summed E-state index contributed by atoms with van der Waals surface area (Å²) in [5, 5.41) is 2.45. The van der Waals surface area contributed by atoms with Crippen LogP contribution >= 0.6 is 0 Å². The van der Waals surface area contributed by atoms with Crippen molar-refractivity contribution in [1.82, 2.24) is 24.9 Å². The van der Waals surface area contributed by atoms with E-state index in [2.05, 4.69) is 27.2 Å². The molecule has 178 valence electrons. The normalized spacial score (nSPS) is 23.3. The molecule has 1 aromatic carbocycles. The first-order chi connectivity index (χ1) is 16.0. The molecule has 2 atom stereocenters. The van der Waals surface area contributed by atoms with E-state index in [1.54, 1.807) is 18.9 Å². The molecule has 4 rings (SSSR count). The van der Waals surface area contributed by atoms with Gasteiger partial charge >= 0.3 is 12.1 Å². The predicted octanol–water partition coefficient (Wildman–Crippen LogP) is 0.984. The summed E-state index contributed by atoms with van der Waals surface area (Å²) >= 11 is 0. The number of benzene rings is 1. The second-order valence-electron chi connectivity index (χ2n) is 8.55. The number of nitrogens with one attached hydrogen (secondary N) is 1. The van der Waals surface area contributed by atoms with Crippen LogP contribution in [-0.4, -0.2) is 109 Å². The summed E-state index contributed by atoms with van der Waals surface area (Å²) in [6, 6.07) is 9.33. The predicted molar refractivity (Wildman–Crippen MR) is 123 cm³/mol. The first kappa shape index (κ1) is 23.0. The summed E-state index contributed by atoms with van der Waals surface area (Å²) in [6.45, 7) is 5.99. The number of hydrogen-bond acceptors (Lipinski definition) is 7. The summed E-state index contributed by atoms with van der Waals surface area (Å²) < 4.78 is 5.10. The molecule has 0 bridgehead atoms. The third kappa shape index (κ3) is 5.11. The maximum Gasteiger partial charge on any atom is 0.409 e. The van der Waals surface area contributed by atoms with Gasteiger partial charge in [-0.1, -0.05) is 30.3 Å². The fraction of sp³-hybridized carbons (Fsp3) is 0.565. The third-order valence-electron chi connectivity index (χ3n) is 6.42. The van der Waals surface area contributed by atoms with Crippen LogP contribution < -0.4 is 5.32 Å². The van der Waals surface area contributed by atoms with E-state index < -0.39 is 18.2 Å². The van der Waals surface area contributed by atoms with Crippen molar-refractivity contribution in [2.45, 2.75) is 32.0 Å². The zero-order valence-electron chi connectivity index (χ0n) is 19.3. The van der Waals surface area contributed by atoms with Crippen LogP contribution in [0, 0.1) is 0 Å². The number of piperazine rings is 1. The fourth-order valence-electron chi connectivity index (χ4n) is 4.58. The third-order valence-corrected chi connectivity index (χ3v) is 6.42. The number of imide groups is 1. The van der Waals surface area contributed by atoms with Gasteiger partial charge in [-0.15, -0.1) is 0 Å². The Morgan fingerprint density at radius 2 is 1.88 bits per heavy atom. The molecular weight excluding hydrogens is 424 g/mol. The van der Waals surface area contributed by atoms with E-state index in [0.717, 1.165) is 18.7 Å². The summed E-state index contributed by atoms with van der Waals surface area (Å²) in [5.74, 6) is 0.521. The Balaban J connectivity index is 1.42. The van der Waals surface area contributed by atoms with Gasteiger partial charge in [-0.2, -0.15) is 0 Å². The van der Waals surface area contributed by atoms with E-state index in [1.165, 1.54) is 10.5 Å². The van der Waals surface area contributed by atoms with Crippen molar-refractivity contribution in [2.24, 2.45) is 4.99 Å². The highest BCUT2D eigenvalue weighted by Crippen LogP contribution is 2.25. The molecule has 2 saturated heterocycles. The van der Waals surface area contributed by atoms with E-state index in [1.807, 2.05) is 18.2 Å². The average molecular weight is 457 g/mol. The van der Waals surface area contributed by atoms with Gasteiger partial charge in [0, 0.05) is 39.8 Å². The van der Waals surface area contributed by atoms with Gasteiger partial charge in [-0.3, -0.25) is 15.0 Å².